The molecule has 35 heavy (non-hydrogen) atoms. The van der Waals surface area contributed by atoms with Gasteiger partial charge in [-0.05, 0) is 30.4 Å². The van der Waals surface area contributed by atoms with Crippen molar-refractivity contribution in [3.05, 3.63) is 53.9 Å². The molecule has 1 aromatic heterocycles. The van der Waals surface area contributed by atoms with Crippen molar-refractivity contribution in [2.45, 2.75) is 44.4 Å². The fraction of sp³-hybridized carbons (Fsp3) is 0.385. The lowest BCUT2D eigenvalue weighted by atomic mass is 9.63. The highest BCUT2D eigenvalue weighted by Crippen LogP contribution is 2.70. The molecule has 2 unspecified atom stereocenters. The first kappa shape index (κ1) is 21.6. The molecular weight excluding hydrogens is 448 g/mol. The summed E-state index contributed by atoms with van der Waals surface area (Å²) in [5, 5.41) is 0. The second-order valence-corrected chi connectivity index (χ2v) is 10.1. The molecule has 2 N–H and O–H groups in total. The number of aromatic nitrogens is 2. The third-order valence-corrected chi connectivity index (χ3v) is 8.35. The monoisotopic (exact) mass is 474 g/mol. The summed E-state index contributed by atoms with van der Waals surface area (Å²) in [5.41, 5.74) is 6.23. The number of benzene rings is 2. The van der Waals surface area contributed by atoms with Crippen LogP contribution < -0.4 is 25.1 Å². The quantitative estimate of drug-likeness (QED) is 0.559. The third-order valence-electron chi connectivity index (χ3n) is 8.35. The van der Waals surface area contributed by atoms with Gasteiger partial charge in [0.15, 0.2) is 18.1 Å². The van der Waals surface area contributed by atoms with Crippen molar-refractivity contribution in [3.8, 4) is 17.2 Å². The van der Waals surface area contributed by atoms with Crippen molar-refractivity contribution in [1.29, 1.82) is 0 Å². The number of hydrazine groups is 1. The fourth-order valence-electron chi connectivity index (χ4n) is 5.93. The fourth-order valence-corrected chi connectivity index (χ4v) is 5.93. The molecule has 0 spiro atoms. The Bertz CT molecular complexity index is 1380. The lowest BCUT2D eigenvalue weighted by molar-refractivity contribution is -0.135. The van der Waals surface area contributed by atoms with Crippen LogP contribution in [0.15, 0.2) is 42.5 Å². The molecule has 2 aromatic carbocycles. The number of para-hydroxylation sites is 1. The van der Waals surface area contributed by atoms with Gasteiger partial charge in [0.2, 0.25) is 6.79 Å². The number of carbonyl (C=O) groups excluding carboxylic acids is 2. The van der Waals surface area contributed by atoms with Crippen molar-refractivity contribution in [3.63, 3.8) is 0 Å². The van der Waals surface area contributed by atoms with E-state index >= 15 is 0 Å². The van der Waals surface area contributed by atoms with E-state index in [9.17, 15) is 9.59 Å². The van der Waals surface area contributed by atoms with Gasteiger partial charge in [-0.1, -0.05) is 39.0 Å². The topological polar surface area (TPSA) is 112 Å². The van der Waals surface area contributed by atoms with Crippen LogP contribution in [0.3, 0.4) is 0 Å². The first-order valence-electron chi connectivity index (χ1n) is 11.7. The van der Waals surface area contributed by atoms with Crippen LogP contribution in [0, 0.1) is 5.41 Å². The van der Waals surface area contributed by atoms with Crippen LogP contribution in [0.5, 0.6) is 17.2 Å². The first-order chi connectivity index (χ1) is 16.8. The highest BCUT2D eigenvalue weighted by molar-refractivity contribution is 5.94. The maximum atomic E-state index is 13.8. The van der Waals surface area contributed by atoms with E-state index in [2.05, 4.69) is 31.6 Å². The summed E-state index contributed by atoms with van der Waals surface area (Å²) in [7, 11) is 0. The molecule has 0 saturated heterocycles. The number of nitrogens with one attached hydrogen (secondary N) is 2. The molecule has 3 aromatic rings. The molecule has 3 aliphatic rings. The number of rotatable bonds is 4. The van der Waals surface area contributed by atoms with E-state index < -0.39 is 16.7 Å². The minimum atomic E-state index is -0.942. The molecule has 2 heterocycles. The van der Waals surface area contributed by atoms with Crippen LogP contribution in [-0.2, 0) is 20.4 Å². The van der Waals surface area contributed by atoms with E-state index in [4.69, 9.17) is 24.2 Å². The van der Waals surface area contributed by atoms with Crippen molar-refractivity contribution in [2.75, 3.05) is 13.4 Å². The Morgan fingerprint density at radius 1 is 0.943 bits per heavy atom. The van der Waals surface area contributed by atoms with Gasteiger partial charge in [-0.15, -0.1) is 0 Å². The smallest absolute Gasteiger partial charge is 0.276 e. The molecular formula is C26H26N4O5. The van der Waals surface area contributed by atoms with Crippen molar-refractivity contribution < 1.29 is 23.8 Å². The lowest BCUT2D eigenvalue weighted by Gasteiger charge is -2.39. The Balaban J connectivity index is 1.30. The summed E-state index contributed by atoms with van der Waals surface area (Å²) in [5.74, 6) is 1.09. The molecule has 2 amide bonds. The van der Waals surface area contributed by atoms with Gasteiger partial charge >= 0.3 is 0 Å². The van der Waals surface area contributed by atoms with Gasteiger partial charge in [0.05, 0.1) is 22.4 Å². The van der Waals surface area contributed by atoms with Gasteiger partial charge in [0, 0.05) is 17.5 Å². The maximum Gasteiger partial charge on any atom is 0.276 e. The van der Waals surface area contributed by atoms with Crippen LogP contribution in [0.4, 0.5) is 0 Å². The maximum absolute atomic E-state index is 13.8. The summed E-state index contributed by atoms with van der Waals surface area (Å²) in [6, 6.07) is 12.7. The number of nitrogens with zero attached hydrogens (tertiary/aromatic N) is 2. The molecule has 9 nitrogen and oxygen atoms in total. The van der Waals surface area contributed by atoms with Crippen LogP contribution >= 0.6 is 0 Å². The molecule has 2 aliphatic carbocycles. The second-order valence-electron chi connectivity index (χ2n) is 10.1. The molecule has 1 aliphatic heterocycles. The minimum Gasteiger partial charge on any atom is -0.484 e. The van der Waals surface area contributed by atoms with Crippen molar-refractivity contribution >= 4 is 22.8 Å². The Morgan fingerprint density at radius 2 is 1.60 bits per heavy atom. The molecule has 0 radical (unpaired) electrons. The Hall–Kier alpha value is -3.88. The standard InChI is InChI=1S/C26H26N4O5/c1-24(2)25(3)9-10-26(24,23(32)30-29-20(31)13-33-15-7-5-4-6-8-15)22-21(25)27-16-11-18-19(35-14-34-18)12-17(16)28-22/h4-8,11-12H,9-10,13-14H2,1-3H3,(H,29,31)(H,30,32). The lowest BCUT2D eigenvalue weighted by Crippen LogP contribution is -2.56. The van der Waals surface area contributed by atoms with E-state index in [0.717, 1.165) is 12.1 Å². The minimum absolute atomic E-state index is 0.163. The summed E-state index contributed by atoms with van der Waals surface area (Å²) < 4.78 is 16.5. The molecule has 1 fully saturated rings. The number of carbonyl (C=O) groups is 2. The van der Waals surface area contributed by atoms with Gasteiger partial charge in [-0.3, -0.25) is 20.4 Å². The Kier molecular flexibility index (Phi) is 4.52. The van der Waals surface area contributed by atoms with Crippen molar-refractivity contribution in [1.82, 2.24) is 20.8 Å². The summed E-state index contributed by atoms with van der Waals surface area (Å²) in [4.78, 5) is 36.1. The zero-order chi connectivity index (χ0) is 24.4. The largest absolute Gasteiger partial charge is 0.484 e. The number of amides is 2. The number of fused-ring (bicyclic) bond motifs is 7. The number of hydrogen-bond acceptors (Lipinski definition) is 7. The average molecular weight is 475 g/mol. The summed E-state index contributed by atoms with van der Waals surface area (Å²) >= 11 is 0. The second kappa shape index (κ2) is 7.31. The van der Waals surface area contributed by atoms with Crippen molar-refractivity contribution in [2.24, 2.45) is 5.41 Å². The zero-order valence-corrected chi connectivity index (χ0v) is 19.8. The summed E-state index contributed by atoms with van der Waals surface area (Å²) in [6.07, 6.45) is 1.40. The van der Waals surface area contributed by atoms with E-state index in [1.165, 1.54) is 0 Å². The van der Waals surface area contributed by atoms with Crippen LogP contribution in [0.25, 0.3) is 11.0 Å². The van der Waals surface area contributed by atoms with Gasteiger partial charge in [0.25, 0.3) is 11.8 Å². The highest BCUT2D eigenvalue weighted by Gasteiger charge is 2.73. The SMILES string of the molecule is CC12CCC(C(=O)NNC(=O)COc3ccccc3)(c3nc4cc5c(cc4nc31)OCO5)C2(C)C. The summed E-state index contributed by atoms with van der Waals surface area (Å²) in [6.45, 7) is 6.26. The predicted molar refractivity (Wildman–Crippen MR) is 126 cm³/mol. The van der Waals surface area contributed by atoms with Crippen LogP contribution in [-0.4, -0.2) is 35.2 Å². The Morgan fingerprint density at radius 3 is 2.29 bits per heavy atom. The molecule has 2 bridgehead atoms. The van der Waals surface area contributed by atoms with Gasteiger partial charge in [-0.2, -0.15) is 0 Å². The van der Waals surface area contributed by atoms with E-state index in [-0.39, 0.29) is 24.7 Å². The Labute approximate surface area is 202 Å². The third kappa shape index (κ3) is 2.87. The van der Waals surface area contributed by atoms with Gasteiger partial charge in [-0.25, -0.2) is 9.97 Å². The van der Waals surface area contributed by atoms with Crippen LogP contribution in [0.1, 0.15) is 45.0 Å². The van der Waals surface area contributed by atoms with Crippen LogP contribution in [0.2, 0.25) is 0 Å². The number of ether oxygens (including phenoxy) is 3. The zero-order valence-electron chi connectivity index (χ0n) is 19.8. The van der Waals surface area contributed by atoms with E-state index in [0.29, 0.717) is 40.4 Å². The predicted octanol–water partition coefficient (Wildman–Crippen LogP) is 2.91. The molecule has 9 heteroatoms. The first-order valence-corrected chi connectivity index (χ1v) is 11.7. The molecule has 2 atom stereocenters. The molecule has 1 saturated carbocycles. The molecule has 180 valence electrons. The van der Waals surface area contributed by atoms with E-state index in [1.54, 1.807) is 18.2 Å². The van der Waals surface area contributed by atoms with Gasteiger partial charge < -0.3 is 14.2 Å². The highest BCUT2D eigenvalue weighted by atomic mass is 16.7. The van der Waals surface area contributed by atoms with Gasteiger partial charge in [0.1, 0.15) is 11.2 Å². The normalized spacial score (nSPS) is 24.8. The number of hydrogen-bond donors (Lipinski definition) is 2. The van der Waals surface area contributed by atoms with E-state index in [1.807, 2.05) is 24.3 Å². The molecule has 6 rings (SSSR count). The average Bonchev–Trinajstić information content (AvgIpc) is 3.43.